The van der Waals surface area contributed by atoms with Crippen LogP contribution < -0.4 is 5.56 Å². The number of rotatable bonds is 1. The molecule has 0 saturated heterocycles. The molecular weight excluding hydrogens is 188 g/mol. The fourth-order valence-corrected chi connectivity index (χ4v) is 1.39. The van der Waals surface area contributed by atoms with Gasteiger partial charge in [0.2, 0.25) is 0 Å². The van der Waals surface area contributed by atoms with Crippen LogP contribution in [-0.2, 0) is 6.42 Å². The second-order valence-corrected chi connectivity index (χ2v) is 3.13. The Morgan fingerprint density at radius 3 is 3.00 bits per heavy atom. The molecule has 1 N–H and O–H groups in total. The molecule has 2 aromatic rings. The molecule has 0 aliphatic heterocycles. The second kappa shape index (κ2) is 3.97. The summed E-state index contributed by atoms with van der Waals surface area (Å²) in [6, 6.07) is 7.28. The molecule has 0 bridgehead atoms. The van der Waals surface area contributed by atoms with Crippen LogP contribution in [0.4, 0.5) is 0 Å². The first-order valence-corrected chi connectivity index (χ1v) is 4.69. The van der Waals surface area contributed by atoms with Crippen molar-refractivity contribution < 1.29 is 0 Å². The van der Waals surface area contributed by atoms with E-state index < -0.39 is 0 Å². The fourth-order valence-electron chi connectivity index (χ4n) is 1.39. The van der Waals surface area contributed by atoms with E-state index in [4.69, 9.17) is 0 Å². The number of hydrogen-bond acceptors (Lipinski definition) is 2. The van der Waals surface area contributed by atoms with Crippen LogP contribution in [0.25, 0.3) is 10.9 Å². The Bertz CT molecular complexity index is 602. The van der Waals surface area contributed by atoms with Crippen molar-refractivity contribution in [2.45, 2.75) is 13.3 Å². The van der Waals surface area contributed by atoms with Gasteiger partial charge in [0.05, 0.1) is 17.3 Å². The zero-order chi connectivity index (χ0) is 10.7. The Morgan fingerprint density at radius 1 is 1.40 bits per heavy atom. The first-order chi connectivity index (χ1) is 7.31. The van der Waals surface area contributed by atoms with Crippen molar-refractivity contribution in [3.8, 4) is 11.8 Å². The van der Waals surface area contributed by atoms with E-state index in [0.29, 0.717) is 23.1 Å². The molecule has 2 rings (SSSR count). The largest absolute Gasteiger partial charge is 0.309 e. The van der Waals surface area contributed by atoms with Crippen molar-refractivity contribution in [1.82, 2.24) is 9.97 Å². The van der Waals surface area contributed by atoms with Gasteiger partial charge in [-0.25, -0.2) is 4.98 Å². The van der Waals surface area contributed by atoms with Crippen LogP contribution in [0.5, 0.6) is 0 Å². The van der Waals surface area contributed by atoms with E-state index >= 15 is 0 Å². The van der Waals surface area contributed by atoms with E-state index in [1.165, 1.54) is 0 Å². The molecule has 0 amide bonds. The quantitative estimate of drug-likeness (QED) is 0.705. The van der Waals surface area contributed by atoms with Gasteiger partial charge in [0.25, 0.3) is 5.56 Å². The molecule has 1 aromatic heterocycles. The molecule has 74 valence electrons. The highest BCUT2D eigenvalue weighted by atomic mass is 16.1. The van der Waals surface area contributed by atoms with Crippen LogP contribution in [-0.4, -0.2) is 9.97 Å². The lowest BCUT2D eigenvalue weighted by Crippen LogP contribution is -2.11. The van der Waals surface area contributed by atoms with Gasteiger partial charge in [-0.3, -0.25) is 4.79 Å². The van der Waals surface area contributed by atoms with Crippen molar-refractivity contribution in [2.75, 3.05) is 0 Å². The minimum Gasteiger partial charge on any atom is -0.309 e. The second-order valence-electron chi connectivity index (χ2n) is 3.13. The van der Waals surface area contributed by atoms with E-state index in [-0.39, 0.29) is 5.56 Å². The predicted octanol–water partition coefficient (Wildman–Crippen LogP) is 1.49. The summed E-state index contributed by atoms with van der Waals surface area (Å²) in [6.07, 6.45) is 0.483. The highest BCUT2D eigenvalue weighted by molar-refractivity contribution is 5.77. The molecule has 0 atom stereocenters. The maximum atomic E-state index is 11.6. The van der Waals surface area contributed by atoms with Gasteiger partial charge in [0, 0.05) is 0 Å². The van der Waals surface area contributed by atoms with E-state index in [2.05, 4.69) is 21.8 Å². The van der Waals surface area contributed by atoms with E-state index in [1.54, 1.807) is 13.0 Å². The minimum absolute atomic E-state index is 0.103. The molecule has 0 fully saturated rings. The van der Waals surface area contributed by atoms with E-state index in [9.17, 15) is 4.79 Å². The third-order valence-electron chi connectivity index (χ3n) is 2.09. The summed E-state index contributed by atoms with van der Waals surface area (Å²) in [4.78, 5) is 18.7. The topological polar surface area (TPSA) is 45.8 Å². The third kappa shape index (κ3) is 1.89. The van der Waals surface area contributed by atoms with Crippen LogP contribution in [0.3, 0.4) is 0 Å². The molecule has 1 aromatic carbocycles. The molecule has 0 radical (unpaired) electrons. The zero-order valence-corrected chi connectivity index (χ0v) is 8.37. The van der Waals surface area contributed by atoms with Crippen molar-refractivity contribution in [1.29, 1.82) is 0 Å². The third-order valence-corrected chi connectivity index (χ3v) is 2.09. The van der Waals surface area contributed by atoms with E-state index in [0.717, 1.165) is 0 Å². The number of para-hydroxylation sites is 1. The average Bonchev–Trinajstić information content (AvgIpc) is 2.26. The van der Waals surface area contributed by atoms with Crippen LogP contribution in [0, 0.1) is 11.8 Å². The van der Waals surface area contributed by atoms with Crippen molar-refractivity contribution >= 4 is 10.9 Å². The Balaban J connectivity index is 2.60. The van der Waals surface area contributed by atoms with Gasteiger partial charge < -0.3 is 4.98 Å². The molecule has 3 heteroatoms. The molecule has 3 nitrogen and oxygen atoms in total. The summed E-state index contributed by atoms with van der Waals surface area (Å²) in [5.74, 6) is 6.26. The van der Waals surface area contributed by atoms with Gasteiger partial charge in [0.15, 0.2) is 0 Å². The maximum absolute atomic E-state index is 11.6. The van der Waals surface area contributed by atoms with Crippen LogP contribution in [0.2, 0.25) is 0 Å². The SMILES string of the molecule is CC#CCc1nc2ccccc2c(=O)[nH]1. The Hall–Kier alpha value is -2.08. The number of aromatic amines is 1. The summed E-state index contributed by atoms with van der Waals surface area (Å²) in [6.45, 7) is 1.76. The summed E-state index contributed by atoms with van der Waals surface area (Å²) >= 11 is 0. The van der Waals surface area contributed by atoms with Crippen molar-refractivity contribution in [3.63, 3.8) is 0 Å². The summed E-state index contributed by atoms with van der Waals surface area (Å²) in [5, 5.41) is 0.616. The van der Waals surface area contributed by atoms with Crippen LogP contribution in [0.1, 0.15) is 12.7 Å². The highest BCUT2D eigenvalue weighted by Crippen LogP contribution is 2.05. The molecule has 0 aliphatic rings. The molecule has 15 heavy (non-hydrogen) atoms. The summed E-state index contributed by atoms with van der Waals surface area (Å²) in [7, 11) is 0. The first kappa shape index (κ1) is 9.47. The Labute approximate surface area is 87.2 Å². The predicted molar refractivity (Wildman–Crippen MR) is 59.5 cm³/mol. The van der Waals surface area contributed by atoms with Gasteiger partial charge >= 0.3 is 0 Å². The molecular formula is C12H10N2O. The lowest BCUT2D eigenvalue weighted by Gasteiger charge is -1.98. The monoisotopic (exact) mass is 198 g/mol. The number of aromatic nitrogens is 2. The van der Waals surface area contributed by atoms with E-state index in [1.807, 2.05) is 18.2 Å². The fraction of sp³-hybridized carbons (Fsp3) is 0.167. The van der Waals surface area contributed by atoms with Gasteiger partial charge in [0.1, 0.15) is 5.82 Å². The van der Waals surface area contributed by atoms with Crippen LogP contribution in [0.15, 0.2) is 29.1 Å². The molecule has 0 unspecified atom stereocenters. The standard InChI is InChI=1S/C12H10N2O/c1-2-3-8-11-13-10-7-5-4-6-9(10)12(15)14-11/h4-7H,8H2,1H3,(H,13,14,15). The van der Waals surface area contributed by atoms with Crippen molar-refractivity contribution in [2.24, 2.45) is 0 Å². The summed E-state index contributed by atoms with van der Waals surface area (Å²) < 4.78 is 0. The lowest BCUT2D eigenvalue weighted by atomic mass is 10.2. The Morgan fingerprint density at radius 2 is 2.20 bits per heavy atom. The van der Waals surface area contributed by atoms with Gasteiger partial charge in [-0.05, 0) is 19.1 Å². The average molecular weight is 198 g/mol. The van der Waals surface area contributed by atoms with Gasteiger partial charge in [-0.1, -0.05) is 18.1 Å². The molecule has 0 spiro atoms. The normalized spacial score (nSPS) is 9.67. The van der Waals surface area contributed by atoms with Crippen molar-refractivity contribution in [3.05, 3.63) is 40.4 Å². The van der Waals surface area contributed by atoms with Gasteiger partial charge in [-0.15, -0.1) is 5.92 Å². The van der Waals surface area contributed by atoms with Gasteiger partial charge in [-0.2, -0.15) is 0 Å². The zero-order valence-electron chi connectivity index (χ0n) is 8.37. The number of nitrogens with zero attached hydrogens (tertiary/aromatic N) is 1. The number of hydrogen-bond donors (Lipinski definition) is 1. The number of H-pyrrole nitrogens is 1. The Kier molecular flexibility index (Phi) is 2.51. The maximum Gasteiger partial charge on any atom is 0.258 e. The number of nitrogens with one attached hydrogen (secondary N) is 1. The molecule has 0 aliphatic carbocycles. The van der Waals surface area contributed by atoms with Crippen LogP contribution >= 0.6 is 0 Å². The first-order valence-electron chi connectivity index (χ1n) is 4.69. The lowest BCUT2D eigenvalue weighted by molar-refractivity contribution is 1.01. The molecule has 1 heterocycles. The molecule has 0 saturated carbocycles. The smallest absolute Gasteiger partial charge is 0.258 e. The number of fused-ring (bicyclic) bond motifs is 1. The highest BCUT2D eigenvalue weighted by Gasteiger charge is 2.00. The summed E-state index contributed by atoms with van der Waals surface area (Å²) in [5.41, 5.74) is 0.614. The number of benzene rings is 1. The minimum atomic E-state index is -0.103.